The molecule has 0 saturated carbocycles. The first kappa shape index (κ1) is 13.0. The molecule has 1 N–H and O–H groups in total. The van der Waals surface area contributed by atoms with Crippen LogP contribution in [0.5, 0.6) is 0 Å². The zero-order chi connectivity index (χ0) is 11.1. The molecule has 0 amide bonds. The average molecular weight is 212 g/mol. The van der Waals surface area contributed by atoms with Gasteiger partial charge in [0, 0.05) is 13.1 Å². The molecule has 1 heterocycles. The lowest BCUT2D eigenvalue weighted by atomic mass is 10.1. The number of likely N-dealkylation sites (tertiary alicyclic amines) is 1. The number of rotatable bonds is 7. The van der Waals surface area contributed by atoms with Crippen LogP contribution in [-0.2, 0) is 0 Å². The highest BCUT2D eigenvalue weighted by atomic mass is 15.1. The van der Waals surface area contributed by atoms with Crippen molar-refractivity contribution in [2.24, 2.45) is 11.8 Å². The maximum Gasteiger partial charge on any atom is 0.00224 e. The molecule has 0 aliphatic carbocycles. The Morgan fingerprint density at radius 3 is 2.87 bits per heavy atom. The highest BCUT2D eigenvalue weighted by molar-refractivity contribution is 4.77. The van der Waals surface area contributed by atoms with Crippen LogP contribution in [-0.4, -0.2) is 37.6 Å². The van der Waals surface area contributed by atoms with Gasteiger partial charge < -0.3 is 10.2 Å². The molecule has 15 heavy (non-hydrogen) atoms. The first-order valence-electron chi connectivity index (χ1n) is 6.69. The van der Waals surface area contributed by atoms with Gasteiger partial charge in [0.2, 0.25) is 0 Å². The Kier molecular flexibility index (Phi) is 6.26. The average Bonchev–Trinajstić information content (AvgIpc) is 2.66. The van der Waals surface area contributed by atoms with Crippen molar-refractivity contribution in [1.82, 2.24) is 10.2 Å². The Morgan fingerprint density at radius 2 is 2.20 bits per heavy atom. The second-order valence-corrected chi connectivity index (χ2v) is 5.13. The third-order valence-electron chi connectivity index (χ3n) is 3.50. The summed E-state index contributed by atoms with van der Waals surface area (Å²) >= 11 is 0. The Hall–Kier alpha value is -0.0800. The van der Waals surface area contributed by atoms with Gasteiger partial charge in [0.15, 0.2) is 0 Å². The molecular formula is C13H28N2. The first-order valence-corrected chi connectivity index (χ1v) is 6.69. The highest BCUT2D eigenvalue weighted by Gasteiger charge is 2.22. The molecule has 2 unspecified atom stereocenters. The van der Waals surface area contributed by atoms with Crippen LogP contribution in [0.3, 0.4) is 0 Å². The Bertz CT molecular complexity index is 159. The molecular weight excluding hydrogens is 184 g/mol. The number of nitrogens with zero attached hydrogens (tertiary/aromatic N) is 1. The zero-order valence-corrected chi connectivity index (χ0v) is 10.8. The number of hydrogen-bond acceptors (Lipinski definition) is 2. The van der Waals surface area contributed by atoms with Crippen LogP contribution in [0.25, 0.3) is 0 Å². The summed E-state index contributed by atoms with van der Waals surface area (Å²) in [5.41, 5.74) is 0. The van der Waals surface area contributed by atoms with Gasteiger partial charge in [-0.2, -0.15) is 0 Å². The van der Waals surface area contributed by atoms with E-state index in [1.807, 2.05) is 0 Å². The van der Waals surface area contributed by atoms with Crippen molar-refractivity contribution >= 4 is 0 Å². The Balaban J connectivity index is 2.09. The lowest BCUT2D eigenvalue weighted by molar-refractivity contribution is 0.273. The molecule has 1 rings (SSSR count). The zero-order valence-electron chi connectivity index (χ0n) is 10.8. The van der Waals surface area contributed by atoms with Crippen LogP contribution < -0.4 is 5.32 Å². The van der Waals surface area contributed by atoms with Crippen molar-refractivity contribution in [1.29, 1.82) is 0 Å². The van der Waals surface area contributed by atoms with Gasteiger partial charge in [-0.3, -0.25) is 0 Å². The fraction of sp³-hybridized carbons (Fsp3) is 1.00. The summed E-state index contributed by atoms with van der Waals surface area (Å²) in [6, 6.07) is 0. The molecule has 2 heteroatoms. The molecule has 1 aliphatic heterocycles. The SMILES string of the molecule is CCCNCC1CCN(CC(C)CC)C1. The van der Waals surface area contributed by atoms with E-state index >= 15 is 0 Å². The van der Waals surface area contributed by atoms with E-state index in [4.69, 9.17) is 0 Å². The second-order valence-electron chi connectivity index (χ2n) is 5.13. The topological polar surface area (TPSA) is 15.3 Å². The molecule has 1 aliphatic rings. The molecule has 0 bridgehead atoms. The third kappa shape index (κ3) is 4.98. The lowest BCUT2D eigenvalue weighted by Gasteiger charge is -2.19. The predicted molar refractivity (Wildman–Crippen MR) is 67.2 cm³/mol. The van der Waals surface area contributed by atoms with E-state index in [1.165, 1.54) is 52.0 Å². The maximum atomic E-state index is 3.54. The maximum absolute atomic E-state index is 3.54. The van der Waals surface area contributed by atoms with E-state index in [-0.39, 0.29) is 0 Å². The minimum Gasteiger partial charge on any atom is -0.316 e. The van der Waals surface area contributed by atoms with Gasteiger partial charge in [0.25, 0.3) is 0 Å². The molecule has 2 atom stereocenters. The van der Waals surface area contributed by atoms with E-state index in [9.17, 15) is 0 Å². The lowest BCUT2D eigenvalue weighted by Crippen LogP contribution is -2.29. The van der Waals surface area contributed by atoms with Crippen LogP contribution in [0.2, 0.25) is 0 Å². The van der Waals surface area contributed by atoms with Crippen LogP contribution in [0.4, 0.5) is 0 Å². The van der Waals surface area contributed by atoms with Crippen molar-refractivity contribution in [2.75, 3.05) is 32.7 Å². The molecule has 1 fully saturated rings. The van der Waals surface area contributed by atoms with E-state index in [2.05, 4.69) is 31.0 Å². The summed E-state index contributed by atoms with van der Waals surface area (Å²) in [4.78, 5) is 2.65. The highest BCUT2D eigenvalue weighted by Crippen LogP contribution is 2.17. The molecule has 90 valence electrons. The molecule has 0 radical (unpaired) electrons. The second kappa shape index (κ2) is 7.24. The quantitative estimate of drug-likeness (QED) is 0.652. The van der Waals surface area contributed by atoms with E-state index < -0.39 is 0 Å². The largest absolute Gasteiger partial charge is 0.316 e. The molecule has 0 spiro atoms. The summed E-state index contributed by atoms with van der Waals surface area (Å²) in [5, 5.41) is 3.54. The van der Waals surface area contributed by atoms with Crippen molar-refractivity contribution in [3.8, 4) is 0 Å². The van der Waals surface area contributed by atoms with Crippen molar-refractivity contribution < 1.29 is 0 Å². The first-order chi connectivity index (χ1) is 7.26. The van der Waals surface area contributed by atoms with Crippen LogP contribution in [0.1, 0.15) is 40.0 Å². The summed E-state index contributed by atoms with van der Waals surface area (Å²) < 4.78 is 0. The Labute approximate surface area is 95.4 Å². The normalized spacial score (nSPS) is 24.6. The van der Waals surface area contributed by atoms with Crippen LogP contribution >= 0.6 is 0 Å². The smallest absolute Gasteiger partial charge is 0.00224 e. The van der Waals surface area contributed by atoms with Gasteiger partial charge >= 0.3 is 0 Å². The van der Waals surface area contributed by atoms with Gasteiger partial charge in [-0.1, -0.05) is 27.2 Å². The van der Waals surface area contributed by atoms with Crippen LogP contribution in [0.15, 0.2) is 0 Å². The van der Waals surface area contributed by atoms with Gasteiger partial charge in [-0.15, -0.1) is 0 Å². The fourth-order valence-corrected chi connectivity index (χ4v) is 2.30. The standard InChI is InChI=1S/C13H28N2/c1-4-7-14-9-13-6-8-15(11-13)10-12(3)5-2/h12-14H,4-11H2,1-3H3. The molecule has 0 aromatic rings. The number of hydrogen-bond donors (Lipinski definition) is 1. The van der Waals surface area contributed by atoms with Crippen molar-refractivity contribution in [3.63, 3.8) is 0 Å². The number of nitrogens with one attached hydrogen (secondary N) is 1. The van der Waals surface area contributed by atoms with E-state index in [0.717, 1.165) is 11.8 Å². The summed E-state index contributed by atoms with van der Waals surface area (Å²) in [5.74, 6) is 1.77. The molecule has 0 aromatic heterocycles. The minimum atomic E-state index is 0.868. The summed E-state index contributed by atoms with van der Waals surface area (Å²) in [7, 11) is 0. The van der Waals surface area contributed by atoms with Gasteiger partial charge in [0.05, 0.1) is 0 Å². The molecule has 2 nitrogen and oxygen atoms in total. The van der Waals surface area contributed by atoms with E-state index in [1.54, 1.807) is 0 Å². The molecule has 0 aromatic carbocycles. The summed E-state index contributed by atoms with van der Waals surface area (Å²) in [6.07, 6.45) is 3.96. The van der Waals surface area contributed by atoms with Crippen molar-refractivity contribution in [2.45, 2.75) is 40.0 Å². The van der Waals surface area contributed by atoms with Gasteiger partial charge in [-0.05, 0) is 44.3 Å². The van der Waals surface area contributed by atoms with Gasteiger partial charge in [-0.25, -0.2) is 0 Å². The van der Waals surface area contributed by atoms with E-state index in [0.29, 0.717) is 0 Å². The monoisotopic (exact) mass is 212 g/mol. The van der Waals surface area contributed by atoms with Crippen LogP contribution in [0, 0.1) is 11.8 Å². The predicted octanol–water partition coefficient (Wildman–Crippen LogP) is 2.35. The van der Waals surface area contributed by atoms with Crippen molar-refractivity contribution in [3.05, 3.63) is 0 Å². The Morgan fingerprint density at radius 1 is 1.40 bits per heavy atom. The molecule has 1 saturated heterocycles. The fourth-order valence-electron chi connectivity index (χ4n) is 2.30. The summed E-state index contributed by atoms with van der Waals surface area (Å²) in [6.45, 7) is 13.2. The van der Waals surface area contributed by atoms with Gasteiger partial charge in [0.1, 0.15) is 0 Å². The minimum absolute atomic E-state index is 0.868. The third-order valence-corrected chi connectivity index (χ3v) is 3.50.